The number of hydrogen-bond donors (Lipinski definition) is 0. The van der Waals surface area contributed by atoms with Crippen LogP contribution in [-0.4, -0.2) is 31.1 Å². The average Bonchev–Trinajstić information content (AvgIpc) is 2.80. The van der Waals surface area contributed by atoms with Crippen LogP contribution in [0.2, 0.25) is 0 Å². The smallest absolute Gasteiger partial charge is 0.212 e. The van der Waals surface area contributed by atoms with Crippen LogP contribution in [0.5, 0.6) is 0 Å². The van der Waals surface area contributed by atoms with Gasteiger partial charge < -0.3 is 0 Å². The molecule has 4 nitrogen and oxygen atoms in total. The quantitative estimate of drug-likeness (QED) is 0.695. The van der Waals surface area contributed by atoms with E-state index in [0.29, 0.717) is 18.9 Å². The zero-order valence-electron chi connectivity index (χ0n) is 8.02. The number of sulfonamides is 1. The minimum atomic E-state index is -3.15. The van der Waals surface area contributed by atoms with E-state index in [2.05, 4.69) is 6.07 Å². The van der Waals surface area contributed by atoms with Crippen molar-refractivity contribution in [3.8, 4) is 6.07 Å². The number of hydrogen-bond acceptors (Lipinski definition) is 3. The monoisotopic (exact) mass is 214 g/mol. The van der Waals surface area contributed by atoms with Crippen LogP contribution in [0, 0.1) is 17.2 Å². The fraction of sp³-hybridized carbons (Fsp3) is 0.889. The van der Waals surface area contributed by atoms with Crippen molar-refractivity contribution in [1.82, 2.24) is 4.31 Å². The van der Waals surface area contributed by atoms with Gasteiger partial charge in [0.15, 0.2) is 0 Å². The summed E-state index contributed by atoms with van der Waals surface area (Å²) in [6.45, 7) is 0.535. The first-order chi connectivity index (χ1) is 6.63. The fourth-order valence-corrected chi connectivity index (χ4v) is 3.95. The molecule has 0 spiro atoms. The Morgan fingerprint density at radius 2 is 2.07 bits per heavy atom. The maximum Gasteiger partial charge on any atom is 0.215 e. The maximum atomic E-state index is 11.8. The highest BCUT2D eigenvalue weighted by molar-refractivity contribution is 7.89. The lowest BCUT2D eigenvalue weighted by Gasteiger charge is -2.18. The predicted octanol–water partition coefficient (Wildman–Crippen LogP) is 0.714. The van der Waals surface area contributed by atoms with E-state index in [1.165, 1.54) is 4.31 Å². The highest BCUT2D eigenvalue weighted by Crippen LogP contribution is 2.32. The predicted molar refractivity (Wildman–Crippen MR) is 51.9 cm³/mol. The number of nitriles is 1. The summed E-state index contributed by atoms with van der Waals surface area (Å²) in [5.74, 6) is 0.616. The van der Waals surface area contributed by atoms with Crippen LogP contribution >= 0.6 is 0 Å². The molecule has 2 aliphatic rings. The highest BCUT2D eigenvalue weighted by atomic mass is 32.2. The summed E-state index contributed by atoms with van der Waals surface area (Å²) in [5.41, 5.74) is 0. The first-order valence-corrected chi connectivity index (χ1v) is 6.63. The van der Waals surface area contributed by atoms with Crippen molar-refractivity contribution in [2.75, 3.05) is 12.3 Å². The Hall–Kier alpha value is -0.600. The van der Waals surface area contributed by atoms with E-state index < -0.39 is 16.1 Å². The number of nitrogens with zero attached hydrogens (tertiary/aromatic N) is 2. The van der Waals surface area contributed by atoms with E-state index in [0.717, 1.165) is 19.3 Å². The number of rotatable bonds is 3. The first-order valence-electron chi connectivity index (χ1n) is 5.02. The molecule has 1 saturated carbocycles. The van der Waals surface area contributed by atoms with Gasteiger partial charge in [0.1, 0.15) is 6.04 Å². The van der Waals surface area contributed by atoms with Gasteiger partial charge in [0.2, 0.25) is 10.0 Å². The molecule has 1 unspecified atom stereocenters. The topological polar surface area (TPSA) is 61.2 Å². The Bertz CT molecular complexity index is 353. The minimum absolute atomic E-state index is 0.255. The lowest BCUT2D eigenvalue weighted by atomic mass is 10.2. The van der Waals surface area contributed by atoms with Crippen molar-refractivity contribution in [2.45, 2.75) is 31.7 Å². The summed E-state index contributed by atoms with van der Waals surface area (Å²) in [6, 6.07) is 1.66. The Kier molecular flexibility index (Phi) is 2.50. The van der Waals surface area contributed by atoms with Crippen LogP contribution in [0.3, 0.4) is 0 Å². The van der Waals surface area contributed by atoms with Gasteiger partial charge in [0.05, 0.1) is 11.8 Å². The largest absolute Gasteiger partial charge is 0.215 e. The summed E-state index contributed by atoms with van der Waals surface area (Å²) < 4.78 is 25.0. The van der Waals surface area contributed by atoms with Crippen LogP contribution in [0.4, 0.5) is 0 Å². The molecule has 0 N–H and O–H groups in total. The molecule has 1 aliphatic heterocycles. The van der Waals surface area contributed by atoms with Crippen molar-refractivity contribution in [3.63, 3.8) is 0 Å². The standard InChI is InChI=1S/C9H14N2O2S/c10-6-9-2-1-5-11(9)14(12,13)7-8-3-4-8/h8-9H,1-5,7H2. The average molecular weight is 214 g/mol. The van der Waals surface area contributed by atoms with Gasteiger partial charge >= 0.3 is 0 Å². The molecule has 0 aromatic carbocycles. The van der Waals surface area contributed by atoms with Gasteiger partial charge in [0, 0.05) is 6.54 Å². The molecule has 5 heteroatoms. The van der Waals surface area contributed by atoms with Crippen LogP contribution < -0.4 is 0 Å². The van der Waals surface area contributed by atoms with E-state index in [4.69, 9.17) is 5.26 Å². The second-order valence-electron chi connectivity index (χ2n) is 4.12. The Morgan fingerprint density at radius 3 is 2.64 bits per heavy atom. The van der Waals surface area contributed by atoms with Gasteiger partial charge in [-0.15, -0.1) is 0 Å². The SMILES string of the molecule is N#CC1CCCN1S(=O)(=O)CC1CC1. The summed E-state index contributed by atoms with van der Waals surface area (Å²) in [7, 11) is -3.15. The normalized spacial score (nSPS) is 28.9. The van der Waals surface area contributed by atoms with Gasteiger partial charge in [0.25, 0.3) is 0 Å². The van der Waals surface area contributed by atoms with E-state index in [1.54, 1.807) is 0 Å². The third-order valence-corrected chi connectivity index (χ3v) is 4.90. The molecule has 1 saturated heterocycles. The molecule has 0 aromatic rings. The summed E-state index contributed by atoms with van der Waals surface area (Å²) >= 11 is 0. The Labute approximate surface area is 84.6 Å². The second kappa shape index (κ2) is 3.52. The minimum Gasteiger partial charge on any atom is -0.212 e. The molecule has 0 aromatic heterocycles. The molecule has 2 rings (SSSR count). The second-order valence-corrected chi connectivity index (χ2v) is 6.09. The fourth-order valence-electron chi connectivity index (χ4n) is 1.88. The van der Waals surface area contributed by atoms with Crippen molar-refractivity contribution >= 4 is 10.0 Å². The Balaban J connectivity index is 2.08. The summed E-state index contributed by atoms with van der Waals surface area (Å²) in [4.78, 5) is 0. The summed E-state index contributed by atoms with van der Waals surface area (Å²) in [5, 5.41) is 8.79. The van der Waals surface area contributed by atoms with Gasteiger partial charge in [-0.05, 0) is 31.6 Å². The van der Waals surface area contributed by atoms with E-state index in [1.807, 2.05) is 0 Å². The molecule has 78 valence electrons. The van der Waals surface area contributed by atoms with Gasteiger partial charge in [-0.3, -0.25) is 0 Å². The van der Waals surface area contributed by atoms with Crippen molar-refractivity contribution in [1.29, 1.82) is 5.26 Å². The molecule has 0 radical (unpaired) electrons. The lowest BCUT2D eigenvalue weighted by molar-refractivity contribution is 0.435. The van der Waals surface area contributed by atoms with Crippen LogP contribution in [-0.2, 0) is 10.0 Å². The highest BCUT2D eigenvalue weighted by Gasteiger charge is 2.37. The van der Waals surface area contributed by atoms with Crippen molar-refractivity contribution in [2.24, 2.45) is 5.92 Å². The molecular formula is C9H14N2O2S. The molecule has 1 heterocycles. The van der Waals surface area contributed by atoms with E-state index in [-0.39, 0.29) is 5.75 Å². The zero-order valence-corrected chi connectivity index (χ0v) is 8.83. The molecule has 1 aliphatic carbocycles. The van der Waals surface area contributed by atoms with E-state index >= 15 is 0 Å². The maximum absolute atomic E-state index is 11.8. The van der Waals surface area contributed by atoms with Crippen molar-refractivity contribution in [3.05, 3.63) is 0 Å². The third-order valence-electron chi connectivity index (χ3n) is 2.85. The molecular weight excluding hydrogens is 200 g/mol. The van der Waals surface area contributed by atoms with E-state index in [9.17, 15) is 8.42 Å². The van der Waals surface area contributed by atoms with Gasteiger partial charge in [-0.2, -0.15) is 9.57 Å². The van der Waals surface area contributed by atoms with Gasteiger partial charge in [-0.25, -0.2) is 8.42 Å². The lowest BCUT2D eigenvalue weighted by Crippen LogP contribution is -2.36. The van der Waals surface area contributed by atoms with Crippen LogP contribution in [0.15, 0.2) is 0 Å². The third kappa shape index (κ3) is 1.91. The van der Waals surface area contributed by atoms with Crippen LogP contribution in [0.1, 0.15) is 25.7 Å². The first kappa shape index (κ1) is 9.94. The molecule has 2 fully saturated rings. The molecule has 14 heavy (non-hydrogen) atoms. The Morgan fingerprint density at radius 1 is 1.36 bits per heavy atom. The van der Waals surface area contributed by atoms with Crippen molar-refractivity contribution < 1.29 is 8.42 Å². The molecule has 0 amide bonds. The molecule has 1 atom stereocenters. The zero-order chi connectivity index (χ0) is 10.2. The van der Waals surface area contributed by atoms with Gasteiger partial charge in [-0.1, -0.05) is 0 Å². The summed E-state index contributed by atoms with van der Waals surface area (Å²) in [6.07, 6.45) is 3.58. The van der Waals surface area contributed by atoms with Crippen LogP contribution in [0.25, 0.3) is 0 Å². The molecule has 0 bridgehead atoms.